The molecule has 2 aromatic rings. The van der Waals surface area contributed by atoms with E-state index >= 15 is 0 Å². The molecule has 0 aliphatic carbocycles. The number of methoxy groups -OCH3 is 1. The second-order valence-corrected chi connectivity index (χ2v) is 7.39. The summed E-state index contributed by atoms with van der Waals surface area (Å²) in [6, 6.07) is 7.89. The number of hydrogen-bond acceptors (Lipinski definition) is 7. The van der Waals surface area contributed by atoms with Crippen molar-refractivity contribution in [3.8, 4) is 17.6 Å². The topological polar surface area (TPSA) is 109 Å². The van der Waals surface area contributed by atoms with E-state index in [1.54, 1.807) is 6.07 Å². The SMILES string of the molecule is COc1cc(/C=C2\SC(=O)N(CC(=O)Nc3ccc(F)c(F)c3F)C2=O)ccc1OCC#N. The number of carbonyl (C=O) groups excluding carboxylic acids is 3. The standard InChI is InChI=1S/C21H14F3N3O5S/c1-31-15-8-11(2-5-14(15)32-7-6-25)9-16-20(29)27(21(30)33-16)10-17(28)26-13-4-3-12(22)18(23)19(13)24/h2-5,8-9H,7,10H2,1H3,(H,26,28)/b16-9-. The van der Waals surface area contributed by atoms with E-state index in [4.69, 9.17) is 14.7 Å². The molecule has 0 spiro atoms. The van der Waals surface area contributed by atoms with Gasteiger partial charge in [-0.3, -0.25) is 19.3 Å². The van der Waals surface area contributed by atoms with Crippen molar-refractivity contribution in [2.75, 3.05) is 25.6 Å². The minimum atomic E-state index is -1.76. The van der Waals surface area contributed by atoms with Gasteiger partial charge in [0.15, 0.2) is 35.6 Å². The highest BCUT2D eigenvalue weighted by atomic mass is 32.2. The van der Waals surface area contributed by atoms with Crippen LogP contribution in [0.5, 0.6) is 11.5 Å². The number of nitriles is 1. The highest BCUT2D eigenvalue weighted by Gasteiger charge is 2.36. The molecule has 170 valence electrons. The zero-order valence-corrected chi connectivity index (χ0v) is 17.7. The Morgan fingerprint density at radius 2 is 1.94 bits per heavy atom. The first-order valence-electron chi connectivity index (χ1n) is 9.11. The Hall–Kier alpha value is -3.98. The number of benzene rings is 2. The molecule has 1 N–H and O–H groups in total. The number of nitrogens with zero attached hydrogens (tertiary/aromatic N) is 2. The van der Waals surface area contributed by atoms with Crippen molar-refractivity contribution in [1.82, 2.24) is 4.90 Å². The molecule has 2 aromatic carbocycles. The van der Waals surface area contributed by atoms with Crippen LogP contribution < -0.4 is 14.8 Å². The van der Waals surface area contributed by atoms with Gasteiger partial charge in [-0.05, 0) is 47.7 Å². The van der Waals surface area contributed by atoms with E-state index in [1.165, 1.54) is 25.3 Å². The fraction of sp³-hybridized carbons (Fsp3) is 0.143. The number of imide groups is 1. The highest BCUT2D eigenvalue weighted by Crippen LogP contribution is 2.34. The average molecular weight is 477 g/mol. The number of nitrogens with one attached hydrogen (secondary N) is 1. The first-order chi connectivity index (χ1) is 15.7. The highest BCUT2D eigenvalue weighted by molar-refractivity contribution is 8.18. The normalized spacial score (nSPS) is 14.4. The van der Waals surface area contributed by atoms with Crippen LogP contribution in [0.4, 0.5) is 23.7 Å². The van der Waals surface area contributed by atoms with E-state index in [0.29, 0.717) is 39.8 Å². The second-order valence-electron chi connectivity index (χ2n) is 6.40. The largest absolute Gasteiger partial charge is 0.493 e. The molecule has 0 bridgehead atoms. The van der Waals surface area contributed by atoms with Gasteiger partial charge in [0.05, 0.1) is 17.7 Å². The quantitative estimate of drug-likeness (QED) is 0.479. The van der Waals surface area contributed by atoms with Crippen molar-refractivity contribution in [2.45, 2.75) is 0 Å². The molecule has 8 nitrogen and oxygen atoms in total. The molecule has 0 aromatic heterocycles. The summed E-state index contributed by atoms with van der Waals surface area (Å²) in [5, 5.41) is 9.87. The van der Waals surface area contributed by atoms with Crippen molar-refractivity contribution in [3.63, 3.8) is 0 Å². The van der Waals surface area contributed by atoms with Gasteiger partial charge in [-0.15, -0.1) is 0 Å². The molecular formula is C21H14F3N3O5S. The Balaban J connectivity index is 1.73. The van der Waals surface area contributed by atoms with E-state index < -0.39 is 46.7 Å². The van der Waals surface area contributed by atoms with Gasteiger partial charge in [-0.2, -0.15) is 5.26 Å². The Kier molecular flexibility index (Phi) is 7.24. The molecule has 1 fully saturated rings. The Labute approximate surface area is 189 Å². The van der Waals surface area contributed by atoms with Gasteiger partial charge >= 0.3 is 0 Å². The summed E-state index contributed by atoms with van der Waals surface area (Å²) >= 11 is 0.584. The summed E-state index contributed by atoms with van der Waals surface area (Å²) in [5.41, 5.74) is -0.151. The summed E-state index contributed by atoms with van der Waals surface area (Å²) in [4.78, 5) is 37.6. The Morgan fingerprint density at radius 1 is 1.18 bits per heavy atom. The van der Waals surface area contributed by atoms with Gasteiger partial charge in [0, 0.05) is 0 Å². The van der Waals surface area contributed by atoms with E-state index in [-0.39, 0.29) is 11.5 Å². The lowest BCUT2D eigenvalue weighted by Crippen LogP contribution is -2.36. The number of hydrogen-bond donors (Lipinski definition) is 1. The molecule has 0 atom stereocenters. The lowest BCUT2D eigenvalue weighted by atomic mass is 10.2. The first kappa shape index (κ1) is 23.7. The third-order valence-corrected chi connectivity index (χ3v) is 5.17. The molecule has 0 unspecified atom stereocenters. The Bertz CT molecular complexity index is 1210. The van der Waals surface area contributed by atoms with Crippen molar-refractivity contribution < 1.29 is 37.0 Å². The fourth-order valence-electron chi connectivity index (χ4n) is 2.75. The third-order valence-electron chi connectivity index (χ3n) is 4.26. The van der Waals surface area contributed by atoms with Gasteiger partial charge < -0.3 is 14.8 Å². The van der Waals surface area contributed by atoms with Crippen LogP contribution in [-0.4, -0.2) is 42.2 Å². The van der Waals surface area contributed by atoms with Crippen LogP contribution in [-0.2, 0) is 9.59 Å². The number of carbonyl (C=O) groups is 3. The fourth-order valence-corrected chi connectivity index (χ4v) is 3.58. The summed E-state index contributed by atoms with van der Waals surface area (Å²) < 4.78 is 50.4. The molecule has 1 heterocycles. The van der Waals surface area contributed by atoms with E-state index in [1.807, 2.05) is 11.4 Å². The van der Waals surface area contributed by atoms with E-state index in [0.717, 1.165) is 6.07 Å². The van der Waals surface area contributed by atoms with Crippen molar-refractivity contribution in [2.24, 2.45) is 0 Å². The van der Waals surface area contributed by atoms with E-state index in [9.17, 15) is 27.6 Å². The van der Waals surface area contributed by atoms with Gasteiger partial charge in [0.1, 0.15) is 12.6 Å². The smallest absolute Gasteiger partial charge is 0.294 e. The summed E-state index contributed by atoms with van der Waals surface area (Å²) in [5.74, 6) is -5.94. The molecule has 3 amide bonds. The maximum absolute atomic E-state index is 13.7. The average Bonchev–Trinajstić information content (AvgIpc) is 3.05. The number of ether oxygens (including phenoxy) is 2. The minimum absolute atomic E-state index is 0.0135. The lowest BCUT2D eigenvalue weighted by molar-refractivity contribution is -0.127. The zero-order chi connectivity index (χ0) is 24.1. The molecule has 3 rings (SSSR count). The predicted molar refractivity (Wildman–Crippen MR) is 112 cm³/mol. The van der Waals surface area contributed by atoms with Gasteiger partial charge in [0.2, 0.25) is 5.91 Å². The third kappa shape index (κ3) is 5.27. The van der Waals surface area contributed by atoms with Crippen molar-refractivity contribution in [3.05, 3.63) is 58.3 Å². The summed E-state index contributed by atoms with van der Waals surface area (Å²) in [7, 11) is 1.39. The van der Waals surface area contributed by atoms with Crippen LogP contribution in [0.25, 0.3) is 6.08 Å². The van der Waals surface area contributed by atoms with Crippen molar-refractivity contribution >= 4 is 40.6 Å². The number of anilines is 1. The molecule has 1 aliphatic rings. The zero-order valence-electron chi connectivity index (χ0n) is 16.9. The first-order valence-corrected chi connectivity index (χ1v) is 9.93. The molecular weight excluding hydrogens is 463 g/mol. The molecule has 12 heteroatoms. The molecule has 0 radical (unpaired) electrons. The van der Waals surface area contributed by atoms with Crippen LogP contribution in [0.1, 0.15) is 5.56 Å². The van der Waals surface area contributed by atoms with Crippen LogP contribution in [0, 0.1) is 28.8 Å². The lowest BCUT2D eigenvalue weighted by Gasteiger charge is -2.13. The molecule has 1 aliphatic heterocycles. The van der Waals surface area contributed by atoms with E-state index in [2.05, 4.69) is 0 Å². The molecule has 0 saturated carbocycles. The number of halogens is 3. The maximum Gasteiger partial charge on any atom is 0.294 e. The second kappa shape index (κ2) is 10.1. The van der Waals surface area contributed by atoms with Gasteiger partial charge in [-0.25, -0.2) is 13.2 Å². The van der Waals surface area contributed by atoms with Crippen LogP contribution >= 0.6 is 11.8 Å². The summed E-state index contributed by atoms with van der Waals surface area (Å²) in [6.45, 7) is -0.949. The minimum Gasteiger partial charge on any atom is -0.493 e. The number of rotatable bonds is 7. The Morgan fingerprint density at radius 3 is 2.64 bits per heavy atom. The van der Waals surface area contributed by atoms with Gasteiger partial charge in [-0.1, -0.05) is 6.07 Å². The summed E-state index contributed by atoms with van der Waals surface area (Å²) in [6.07, 6.45) is 1.40. The molecule has 33 heavy (non-hydrogen) atoms. The monoisotopic (exact) mass is 477 g/mol. The number of thioether (sulfide) groups is 1. The predicted octanol–water partition coefficient (Wildman–Crippen LogP) is 3.69. The number of amides is 3. The van der Waals surface area contributed by atoms with Crippen LogP contribution in [0.2, 0.25) is 0 Å². The van der Waals surface area contributed by atoms with Gasteiger partial charge in [0.25, 0.3) is 11.1 Å². The maximum atomic E-state index is 13.7. The van der Waals surface area contributed by atoms with Crippen LogP contribution in [0.3, 0.4) is 0 Å². The van der Waals surface area contributed by atoms with Crippen LogP contribution in [0.15, 0.2) is 35.2 Å². The molecule has 1 saturated heterocycles. The van der Waals surface area contributed by atoms with Crippen molar-refractivity contribution in [1.29, 1.82) is 5.26 Å².